The van der Waals surface area contributed by atoms with Gasteiger partial charge in [0.25, 0.3) is 0 Å². The molecule has 164 valence electrons. The van der Waals surface area contributed by atoms with E-state index >= 15 is 0 Å². The summed E-state index contributed by atoms with van der Waals surface area (Å²) < 4.78 is 0. The van der Waals surface area contributed by atoms with Gasteiger partial charge in [-0.1, -0.05) is 80.6 Å². The van der Waals surface area contributed by atoms with Gasteiger partial charge in [-0.25, -0.2) is 0 Å². The van der Waals surface area contributed by atoms with Gasteiger partial charge in [-0.2, -0.15) is 0 Å². The summed E-state index contributed by atoms with van der Waals surface area (Å²) in [5.74, 6) is 10.9. The molecule has 0 heteroatoms. The summed E-state index contributed by atoms with van der Waals surface area (Å²) in [6, 6.07) is 0. The van der Waals surface area contributed by atoms with Gasteiger partial charge in [-0.15, -0.1) is 0 Å². The van der Waals surface area contributed by atoms with Crippen molar-refractivity contribution in [2.75, 3.05) is 0 Å². The molecule has 0 heterocycles. The fraction of sp³-hybridized carbons (Fsp3) is 1.00. The van der Waals surface area contributed by atoms with Gasteiger partial charge in [0.05, 0.1) is 0 Å². The van der Waals surface area contributed by atoms with E-state index in [-0.39, 0.29) is 0 Å². The summed E-state index contributed by atoms with van der Waals surface area (Å²) in [5, 5.41) is 0. The van der Waals surface area contributed by atoms with Crippen LogP contribution in [0.4, 0.5) is 0 Å². The minimum absolute atomic E-state index is 0.862. The Bertz CT molecular complexity index is 463. The standard InChI is InChI=1S/C28H52/c1-18(2)22(7)14-24-12-11-23(15-24)10-8-20(5)25-16-27(19(3)4)26-13-9-21(6)28(26)17-25/h18-28H,8-17H2,1-7H3. The lowest BCUT2D eigenvalue weighted by atomic mass is 9.61. The minimum Gasteiger partial charge on any atom is -0.0625 e. The zero-order chi connectivity index (χ0) is 20.4. The predicted molar refractivity (Wildman–Crippen MR) is 124 cm³/mol. The molecule has 3 rings (SSSR count). The Morgan fingerprint density at radius 3 is 2.14 bits per heavy atom. The van der Waals surface area contributed by atoms with Gasteiger partial charge in [0, 0.05) is 0 Å². The molecule has 0 saturated heterocycles. The summed E-state index contributed by atoms with van der Waals surface area (Å²) in [7, 11) is 0. The molecule has 0 radical (unpaired) electrons. The van der Waals surface area contributed by atoms with Gasteiger partial charge in [-0.05, 0) is 97.2 Å². The van der Waals surface area contributed by atoms with Crippen molar-refractivity contribution in [2.24, 2.45) is 65.1 Å². The third-order valence-electron chi connectivity index (χ3n) is 10.1. The molecule has 3 saturated carbocycles. The molecule has 3 fully saturated rings. The normalized spacial score (nSPS) is 40.8. The van der Waals surface area contributed by atoms with E-state index in [2.05, 4.69) is 48.5 Å². The molecule has 0 aromatic rings. The van der Waals surface area contributed by atoms with Crippen LogP contribution in [0.15, 0.2) is 0 Å². The Morgan fingerprint density at radius 2 is 1.46 bits per heavy atom. The van der Waals surface area contributed by atoms with Gasteiger partial charge in [0.2, 0.25) is 0 Å². The quantitative estimate of drug-likeness (QED) is 0.389. The summed E-state index contributed by atoms with van der Waals surface area (Å²) >= 11 is 0. The van der Waals surface area contributed by atoms with E-state index in [4.69, 9.17) is 0 Å². The smallest absolute Gasteiger partial charge is 0.0352 e. The van der Waals surface area contributed by atoms with Crippen molar-refractivity contribution in [3.63, 3.8) is 0 Å². The molecule has 0 N–H and O–H groups in total. The molecule has 9 unspecified atom stereocenters. The first-order chi connectivity index (χ1) is 13.3. The zero-order valence-corrected chi connectivity index (χ0v) is 20.4. The molecule has 0 nitrogen and oxygen atoms in total. The molecule has 28 heavy (non-hydrogen) atoms. The topological polar surface area (TPSA) is 0 Å². The summed E-state index contributed by atoms with van der Waals surface area (Å²) in [5.41, 5.74) is 0. The van der Waals surface area contributed by atoms with E-state index in [0.717, 1.165) is 65.1 Å². The number of fused-ring (bicyclic) bond motifs is 1. The average molecular weight is 389 g/mol. The van der Waals surface area contributed by atoms with E-state index < -0.39 is 0 Å². The molecule has 0 spiro atoms. The number of hydrogen-bond acceptors (Lipinski definition) is 0. The van der Waals surface area contributed by atoms with E-state index in [1.807, 2.05) is 0 Å². The van der Waals surface area contributed by atoms with E-state index in [1.54, 1.807) is 19.3 Å². The van der Waals surface area contributed by atoms with Gasteiger partial charge >= 0.3 is 0 Å². The van der Waals surface area contributed by atoms with Crippen LogP contribution in [0.3, 0.4) is 0 Å². The first-order valence-corrected chi connectivity index (χ1v) is 13.3. The van der Waals surface area contributed by atoms with E-state index in [0.29, 0.717) is 0 Å². The van der Waals surface area contributed by atoms with Crippen molar-refractivity contribution in [3.05, 3.63) is 0 Å². The Labute approximate surface area is 178 Å². The van der Waals surface area contributed by atoms with Crippen LogP contribution in [0.5, 0.6) is 0 Å². The maximum absolute atomic E-state index is 2.62. The molecule has 0 aliphatic heterocycles. The van der Waals surface area contributed by atoms with E-state index in [1.165, 1.54) is 44.9 Å². The van der Waals surface area contributed by atoms with Crippen LogP contribution in [0, 0.1) is 65.1 Å². The number of hydrogen-bond donors (Lipinski definition) is 0. The highest BCUT2D eigenvalue weighted by molar-refractivity contribution is 4.95. The largest absolute Gasteiger partial charge is 0.0625 e. The molecule has 0 aromatic heterocycles. The van der Waals surface area contributed by atoms with Crippen LogP contribution in [0.2, 0.25) is 0 Å². The van der Waals surface area contributed by atoms with Crippen LogP contribution in [0.25, 0.3) is 0 Å². The second kappa shape index (κ2) is 9.87. The SMILES string of the molecule is CC(C)C(C)CC1CCC(CCC(C)C2CC(C(C)C)C3CCC(C)C3C2)C1. The molecule has 0 aromatic carbocycles. The molecular weight excluding hydrogens is 336 g/mol. The van der Waals surface area contributed by atoms with Crippen LogP contribution in [-0.4, -0.2) is 0 Å². The zero-order valence-electron chi connectivity index (χ0n) is 20.4. The van der Waals surface area contributed by atoms with Gasteiger partial charge in [-0.3, -0.25) is 0 Å². The van der Waals surface area contributed by atoms with Crippen LogP contribution in [-0.2, 0) is 0 Å². The highest BCUT2D eigenvalue weighted by atomic mass is 14.5. The first kappa shape index (κ1) is 22.7. The molecule has 0 amide bonds. The summed E-state index contributed by atoms with van der Waals surface area (Å²) in [6.07, 6.45) is 15.3. The van der Waals surface area contributed by atoms with Gasteiger partial charge in [0.15, 0.2) is 0 Å². The first-order valence-electron chi connectivity index (χ1n) is 13.3. The van der Waals surface area contributed by atoms with Crippen LogP contribution < -0.4 is 0 Å². The predicted octanol–water partition coefficient (Wildman–Crippen LogP) is 8.85. The fourth-order valence-corrected chi connectivity index (χ4v) is 7.63. The fourth-order valence-electron chi connectivity index (χ4n) is 7.63. The van der Waals surface area contributed by atoms with Crippen LogP contribution in [0.1, 0.15) is 113 Å². The lowest BCUT2D eigenvalue weighted by Crippen LogP contribution is -2.36. The third-order valence-corrected chi connectivity index (χ3v) is 10.1. The van der Waals surface area contributed by atoms with Crippen molar-refractivity contribution < 1.29 is 0 Å². The van der Waals surface area contributed by atoms with Crippen molar-refractivity contribution >= 4 is 0 Å². The Kier molecular flexibility index (Phi) is 8.00. The van der Waals surface area contributed by atoms with Gasteiger partial charge in [0.1, 0.15) is 0 Å². The van der Waals surface area contributed by atoms with Crippen LogP contribution >= 0.6 is 0 Å². The van der Waals surface area contributed by atoms with E-state index in [9.17, 15) is 0 Å². The number of rotatable bonds is 8. The lowest BCUT2D eigenvalue weighted by Gasteiger charge is -2.44. The molecule has 9 atom stereocenters. The maximum atomic E-state index is 2.62. The van der Waals surface area contributed by atoms with Crippen molar-refractivity contribution in [2.45, 2.75) is 113 Å². The summed E-state index contributed by atoms with van der Waals surface area (Å²) in [4.78, 5) is 0. The molecule has 3 aliphatic carbocycles. The van der Waals surface area contributed by atoms with Gasteiger partial charge < -0.3 is 0 Å². The third kappa shape index (κ3) is 5.37. The Morgan fingerprint density at radius 1 is 0.750 bits per heavy atom. The van der Waals surface area contributed by atoms with Crippen molar-refractivity contribution in [1.29, 1.82) is 0 Å². The highest BCUT2D eigenvalue weighted by Gasteiger charge is 2.45. The highest BCUT2D eigenvalue weighted by Crippen LogP contribution is 2.54. The maximum Gasteiger partial charge on any atom is -0.0352 e. The average Bonchev–Trinajstić information content (AvgIpc) is 3.25. The Hall–Kier alpha value is 0. The van der Waals surface area contributed by atoms with Crippen molar-refractivity contribution in [3.8, 4) is 0 Å². The minimum atomic E-state index is 0.862. The lowest BCUT2D eigenvalue weighted by molar-refractivity contribution is 0.0532. The molecule has 3 aliphatic rings. The second-order valence-corrected chi connectivity index (χ2v) is 12.6. The molecular formula is C28H52. The monoisotopic (exact) mass is 388 g/mol. The molecule has 0 bridgehead atoms. The summed E-state index contributed by atoms with van der Waals surface area (Å²) in [6.45, 7) is 17.5. The second-order valence-electron chi connectivity index (χ2n) is 12.6. The Balaban J connectivity index is 1.46. The van der Waals surface area contributed by atoms with Crippen molar-refractivity contribution in [1.82, 2.24) is 0 Å².